The molecule has 3 aromatic rings. The van der Waals surface area contributed by atoms with Crippen LogP contribution in [0.25, 0.3) is 0 Å². The molecule has 0 bridgehead atoms. The lowest BCUT2D eigenvalue weighted by atomic mass is 10.0. The monoisotopic (exact) mass is 766 g/mol. The van der Waals surface area contributed by atoms with Crippen LogP contribution in [0.2, 0.25) is 0 Å². The Balaban J connectivity index is 1.92. The molecule has 0 spiro atoms. The molecule has 0 amide bonds. The average molecular weight is 767 g/mol. The van der Waals surface area contributed by atoms with Crippen molar-refractivity contribution in [3.8, 4) is 0 Å². The number of hydrogen-bond donors (Lipinski definition) is 0. The van der Waals surface area contributed by atoms with Gasteiger partial charge in [0.25, 0.3) is 20.0 Å². The van der Waals surface area contributed by atoms with Crippen molar-refractivity contribution in [1.29, 1.82) is 0 Å². The zero-order valence-corrected chi connectivity index (χ0v) is 35.4. The van der Waals surface area contributed by atoms with Crippen LogP contribution in [0.4, 0.5) is 11.4 Å². The van der Waals surface area contributed by atoms with Crippen molar-refractivity contribution < 1.29 is 16.8 Å². The maximum Gasteiger partial charge on any atom is 0.264 e. The number of sulfonamides is 2. The summed E-state index contributed by atoms with van der Waals surface area (Å²) in [5, 5.41) is 0. The van der Waals surface area contributed by atoms with Gasteiger partial charge in [-0.05, 0) is 74.6 Å². The molecule has 6 nitrogen and oxygen atoms in total. The minimum Gasteiger partial charge on any atom is -0.266 e. The van der Waals surface area contributed by atoms with Gasteiger partial charge in [0.15, 0.2) is 0 Å². The summed E-state index contributed by atoms with van der Waals surface area (Å²) in [4.78, 5) is 0.485. The van der Waals surface area contributed by atoms with Crippen molar-refractivity contribution in [2.45, 2.75) is 173 Å². The van der Waals surface area contributed by atoms with Crippen molar-refractivity contribution >= 4 is 31.4 Å². The largest absolute Gasteiger partial charge is 0.266 e. The first-order chi connectivity index (χ1) is 25.6. The molecular formula is C45H70N2O4S2. The molecule has 0 fully saturated rings. The standard InChI is InChI=1S/C45H70N2O4S2/c1-6-8-10-12-14-16-18-20-22-30-36-46(52(48,49)42-32-26-24-27-33-42)44-39(3)38-40(4)45(41(44)5)47(53(50,51)43-34-28-25-29-35-43)37-31-23-21-19-17-15-13-11-9-7-2/h24-29,32-35,38H,6-23,30-31,36-37H2,1-5H3. The van der Waals surface area contributed by atoms with E-state index in [0.717, 1.165) is 62.5 Å². The number of rotatable bonds is 28. The number of anilines is 2. The summed E-state index contributed by atoms with van der Waals surface area (Å²) in [5.74, 6) is 0. The summed E-state index contributed by atoms with van der Waals surface area (Å²) < 4.78 is 61.0. The van der Waals surface area contributed by atoms with E-state index in [2.05, 4.69) is 13.8 Å². The summed E-state index contributed by atoms with van der Waals surface area (Å²) >= 11 is 0. The Labute approximate surface area is 324 Å². The Morgan fingerprint density at radius 3 is 1.00 bits per heavy atom. The van der Waals surface area contributed by atoms with E-state index in [9.17, 15) is 16.8 Å². The first-order valence-electron chi connectivity index (χ1n) is 20.8. The highest BCUT2D eigenvalue weighted by Gasteiger charge is 2.32. The third-order valence-corrected chi connectivity index (χ3v) is 14.1. The molecule has 0 aliphatic heterocycles. The van der Waals surface area contributed by atoms with Crippen LogP contribution in [0, 0.1) is 20.8 Å². The smallest absolute Gasteiger partial charge is 0.264 e. The summed E-state index contributed by atoms with van der Waals surface area (Å²) in [6.07, 6.45) is 23.1. The molecule has 0 atom stereocenters. The number of unbranched alkanes of at least 4 members (excludes halogenated alkanes) is 18. The van der Waals surface area contributed by atoms with Crippen LogP contribution < -0.4 is 8.61 Å². The summed E-state index contributed by atoms with van der Waals surface area (Å²) in [6.45, 7) is 11.0. The van der Waals surface area contributed by atoms with Crippen molar-refractivity contribution in [3.63, 3.8) is 0 Å². The molecule has 0 radical (unpaired) electrons. The number of hydrogen-bond acceptors (Lipinski definition) is 4. The molecule has 0 aliphatic rings. The fraction of sp³-hybridized carbons (Fsp3) is 0.600. The van der Waals surface area contributed by atoms with E-state index in [-0.39, 0.29) is 9.79 Å². The molecule has 0 saturated heterocycles. The molecule has 3 rings (SSSR count). The van der Waals surface area contributed by atoms with E-state index < -0.39 is 20.0 Å². The van der Waals surface area contributed by atoms with Gasteiger partial charge in [-0.3, -0.25) is 8.61 Å². The van der Waals surface area contributed by atoms with Crippen molar-refractivity contribution in [1.82, 2.24) is 0 Å². The molecule has 0 N–H and O–H groups in total. The highest BCUT2D eigenvalue weighted by Crippen LogP contribution is 2.40. The molecule has 0 heterocycles. The van der Waals surface area contributed by atoms with Gasteiger partial charge >= 0.3 is 0 Å². The number of aryl methyl sites for hydroxylation is 2. The lowest BCUT2D eigenvalue weighted by Gasteiger charge is -2.33. The van der Waals surface area contributed by atoms with E-state index in [4.69, 9.17) is 0 Å². The Bertz CT molecular complexity index is 1550. The van der Waals surface area contributed by atoms with E-state index in [0.29, 0.717) is 30.0 Å². The Morgan fingerprint density at radius 1 is 0.415 bits per heavy atom. The molecule has 296 valence electrons. The van der Waals surface area contributed by atoms with Crippen LogP contribution in [-0.2, 0) is 20.0 Å². The number of benzene rings is 3. The maximum absolute atomic E-state index is 14.5. The lowest BCUT2D eigenvalue weighted by Crippen LogP contribution is -2.36. The Hall–Kier alpha value is -2.84. The van der Waals surface area contributed by atoms with Crippen LogP contribution in [0.5, 0.6) is 0 Å². The predicted molar refractivity (Wildman–Crippen MR) is 226 cm³/mol. The molecule has 0 aliphatic carbocycles. The molecule has 0 saturated carbocycles. The maximum atomic E-state index is 14.5. The highest BCUT2D eigenvalue weighted by atomic mass is 32.2. The first-order valence-corrected chi connectivity index (χ1v) is 23.7. The van der Waals surface area contributed by atoms with Gasteiger partial charge in [0.05, 0.1) is 21.2 Å². The van der Waals surface area contributed by atoms with Crippen molar-refractivity contribution in [3.05, 3.63) is 83.4 Å². The molecule has 0 aromatic heterocycles. The predicted octanol–water partition coefficient (Wildman–Crippen LogP) is 12.8. The Kier molecular flexibility index (Phi) is 20.0. The summed E-state index contributed by atoms with van der Waals surface area (Å²) in [6, 6.07) is 19.2. The SMILES string of the molecule is CCCCCCCCCCCCN(c1c(C)cc(C)c(N(CCCCCCCCCCCC)S(=O)(=O)c2ccccc2)c1C)S(=O)(=O)c1ccccc1. The van der Waals surface area contributed by atoms with Gasteiger partial charge in [0.1, 0.15) is 0 Å². The van der Waals surface area contributed by atoms with E-state index in [1.807, 2.05) is 39.0 Å². The van der Waals surface area contributed by atoms with Crippen molar-refractivity contribution in [2.24, 2.45) is 0 Å². The Morgan fingerprint density at radius 2 is 0.698 bits per heavy atom. The van der Waals surface area contributed by atoms with E-state index in [1.54, 1.807) is 57.1 Å². The topological polar surface area (TPSA) is 74.8 Å². The van der Waals surface area contributed by atoms with Crippen LogP contribution in [-0.4, -0.2) is 29.9 Å². The second-order valence-corrected chi connectivity index (χ2v) is 18.7. The van der Waals surface area contributed by atoms with Crippen LogP contribution in [0.3, 0.4) is 0 Å². The zero-order valence-electron chi connectivity index (χ0n) is 33.8. The lowest BCUT2D eigenvalue weighted by molar-refractivity contribution is 0.554. The van der Waals surface area contributed by atoms with Gasteiger partial charge in [0.2, 0.25) is 0 Å². The number of nitrogens with zero attached hydrogens (tertiary/aromatic N) is 2. The fourth-order valence-corrected chi connectivity index (χ4v) is 10.9. The fourth-order valence-electron chi connectivity index (χ4n) is 7.56. The van der Waals surface area contributed by atoms with Gasteiger partial charge in [-0.15, -0.1) is 0 Å². The second-order valence-electron chi connectivity index (χ2n) is 15.0. The summed E-state index contributed by atoms with van der Waals surface area (Å²) in [7, 11) is -7.85. The van der Waals surface area contributed by atoms with Crippen LogP contribution in [0.15, 0.2) is 76.5 Å². The molecule has 3 aromatic carbocycles. The van der Waals surface area contributed by atoms with Crippen molar-refractivity contribution in [2.75, 3.05) is 21.7 Å². The zero-order chi connectivity index (χ0) is 38.5. The van der Waals surface area contributed by atoms with Gasteiger partial charge in [-0.25, -0.2) is 16.8 Å². The molecular weight excluding hydrogens is 697 g/mol. The minimum absolute atomic E-state index is 0.243. The van der Waals surface area contributed by atoms with Gasteiger partial charge in [-0.2, -0.15) is 0 Å². The molecule has 8 heteroatoms. The minimum atomic E-state index is -3.92. The van der Waals surface area contributed by atoms with Crippen LogP contribution in [0.1, 0.15) is 159 Å². The van der Waals surface area contributed by atoms with Gasteiger partial charge in [0, 0.05) is 13.1 Å². The third-order valence-electron chi connectivity index (χ3n) is 10.5. The van der Waals surface area contributed by atoms with Gasteiger partial charge in [-0.1, -0.05) is 172 Å². The summed E-state index contributed by atoms with van der Waals surface area (Å²) in [5.41, 5.74) is 3.50. The molecule has 0 unspecified atom stereocenters. The van der Waals surface area contributed by atoms with E-state index in [1.165, 1.54) is 77.0 Å². The quantitative estimate of drug-likeness (QED) is 0.0690. The average Bonchev–Trinajstić information content (AvgIpc) is 3.15. The normalized spacial score (nSPS) is 11.9. The third kappa shape index (κ3) is 13.8. The second kappa shape index (κ2) is 23.8. The van der Waals surface area contributed by atoms with Gasteiger partial charge < -0.3 is 0 Å². The highest BCUT2D eigenvalue weighted by molar-refractivity contribution is 7.93. The van der Waals surface area contributed by atoms with E-state index >= 15 is 0 Å². The first kappa shape index (κ1) is 44.6. The molecule has 53 heavy (non-hydrogen) atoms. The van der Waals surface area contributed by atoms with Crippen LogP contribution >= 0.6 is 0 Å².